The Labute approximate surface area is 144 Å². The zero-order valence-electron chi connectivity index (χ0n) is 14.4. The molecule has 0 aliphatic carbocycles. The summed E-state index contributed by atoms with van der Waals surface area (Å²) >= 11 is 0. The van der Waals surface area contributed by atoms with E-state index in [2.05, 4.69) is 14.5 Å². The zero-order valence-corrected chi connectivity index (χ0v) is 15.2. The lowest BCUT2D eigenvalue weighted by atomic mass is 9.93. The lowest BCUT2D eigenvalue weighted by Crippen LogP contribution is -2.34. The maximum Gasteiger partial charge on any atom is 0.178 e. The fourth-order valence-electron chi connectivity index (χ4n) is 3.28. The first-order valence-corrected chi connectivity index (χ1v) is 10.2. The number of nitrogens with zero attached hydrogens (tertiary/aromatic N) is 3. The molecule has 1 aliphatic heterocycles. The van der Waals surface area contributed by atoms with Crippen LogP contribution >= 0.6 is 0 Å². The highest BCUT2D eigenvalue weighted by molar-refractivity contribution is 7.91. The summed E-state index contributed by atoms with van der Waals surface area (Å²) in [5, 5.41) is 0. The highest BCUT2D eigenvalue weighted by Crippen LogP contribution is 2.26. The van der Waals surface area contributed by atoms with Crippen molar-refractivity contribution in [1.29, 1.82) is 0 Å². The maximum absolute atomic E-state index is 11.9. The van der Waals surface area contributed by atoms with E-state index in [1.807, 2.05) is 31.6 Å². The molecule has 0 N–H and O–H groups in total. The van der Waals surface area contributed by atoms with Crippen molar-refractivity contribution in [2.24, 2.45) is 13.0 Å². The van der Waals surface area contributed by atoms with Crippen molar-refractivity contribution >= 4 is 15.5 Å². The van der Waals surface area contributed by atoms with E-state index in [0.29, 0.717) is 10.8 Å². The van der Waals surface area contributed by atoms with Crippen molar-refractivity contribution in [2.45, 2.75) is 31.1 Å². The lowest BCUT2D eigenvalue weighted by Gasteiger charge is -2.33. The maximum atomic E-state index is 11.9. The standard InChI is InChI=1S/C18H25N3O2S/c1-3-24(22,23)17-6-4-16(5-7-17)21-11-8-15(9-12-21)14-18-19-10-13-20(18)2/h4-7,10,13,15H,3,8-9,11-12,14H2,1-2H3. The van der Waals surface area contributed by atoms with E-state index in [-0.39, 0.29) is 5.75 Å². The summed E-state index contributed by atoms with van der Waals surface area (Å²) in [4.78, 5) is 7.18. The smallest absolute Gasteiger partial charge is 0.178 e. The molecule has 2 heterocycles. The van der Waals surface area contributed by atoms with E-state index in [1.54, 1.807) is 19.1 Å². The average molecular weight is 347 g/mol. The van der Waals surface area contributed by atoms with Gasteiger partial charge in [0, 0.05) is 44.6 Å². The van der Waals surface area contributed by atoms with Gasteiger partial charge in [-0.15, -0.1) is 0 Å². The van der Waals surface area contributed by atoms with Crippen LogP contribution < -0.4 is 4.90 Å². The predicted molar refractivity (Wildman–Crippen MR) is 96.0 cm³/mol. The Balaban J connectivity index is 1.59. The predicted octanol–water partition coefficient (Wildman–Crippen LogP) is 2.67. The molecule has 3 rings (SSSR count). The Morgan fingerprint density at radius 2 is 1.83 bits per heavy atom. The number of hydrogen-bond donors (Lipinski definition) is 0. The molecule has 130 valence electrons. The first kappa shape index (κ1) is 17.0. The SMILES string of the molecule is CCS(=O)(=O)c1ccc(N2CCC(Cc3nccn3C)CC2)cc1. The van der Waals surface area contributed by atoms with E-state index in [4.69, 9.17) is 0 Å². The van der Waals surface area contributed by atoms with E-state index < -0.39 is 9.84 Å². The zero-order chi connectivity index (χ0) is 17.2. The number of sulfone groups is 1. The summed E-state index contributed by atoms with van der Waals surface area (Å²) in [7, 11) is -1.07. The number of hydrogen-bond acceptors (Lipinski definition) is 4. The number of rotatable bonds is 5. The van der Waals surface area contributed by atoms with Crippen LogP contribution in [0.15, 0.2) is 41.6 Å². The molecule has 1 aliphatic rings. The van der Waals surface area contributed by atoms with Gasteiger partial charge in [-0.3, -0.25) is 0 Å². The summed E-state index contributed by atoms with van der Waals surface area (Å²) in [6.45, 7) is 3.69. The third-order valence-corrected chi connectivity index (χ3v) is 6.70. The summed E-state index contributed by atoms with van der Waals surface area (Å²) in [6.07, 6.45) is 7.17. The lowest BCUT2D eigenvalue weighted by molar-refractivity contribution is 0.393. The number of benzene rings is 1. The van der Waals surface area contributed by atoms with Gasteiger partial charge in [0.15, 0.2) is 9.84 Å². The fraction of sp³-hybridized carbons (Fsp3) is 0.500. The number of imidazole rings is 1. The first-order chi connectivity index (χ1) is 11.5. The third-order valence-electron chi connectivity index (χ3n) is 4.95. The van der Waals surface area contributed by atoms with Gasteiger partial charge < -0.3 is 9.47 Å². The van der Waals surface area contributed by atoms with Crippen LogP contribution in [-0.4, -0.2) is 36.8 Å². The Morgan fingerprint density at radius 3 is 2.38 bits per heavy atom. The van der Waals surface area contributed by atoms with Crippen LogP contribution in [0.1, 0.15) is 25.6 Å². The second-order valence-corrected chi connectivity index (χ2v) is 8.76. The first-order valence-electron chi connectivity index (χ1n) is 8.53. The molecule has 0 atom stereocenters. The molecule has 0 saturated carbocycles. The van der Waals surface area contributed by atoms with E-state index in [9.17, 15) is 8.42 Å². The molecule has 0 spiro atoms. The molecule has 0 unspecified atom stereocenters. The molecule has 1 fully saturated rings. The van der Waals surface area contributed by atoms with Gasteiger partial charge in [-0.05, 0) is 43.0 Å². The summed E-state index contributed by atoms with van der Waals surface area (Å²) in [5.41, 5.74) is 1.11. The van der Waals surface area contributed by atoms with Crippen molar-refractivity contribution < 1.29 is 8.42 Å². The Kier molecular flexibility index (Phi) is 4.94. The quantitative estimate of drug-likeness (QED) is 0.834. The Morgan fingerprint density at radius 1 is 1.17 bits per heavy atom. The van der Waals surface area contributed by atoms with Gasteiger partial charge >= 0.3 is 0 Å². The highest BCUT2D eigenvalue weighted by Gasteiger charge is 2.21. The highest BCUT2D eigenvalue weighted by atomic mass is 32.2. The molecule has 24 heavy (non-hydrogen) atoms. The Bertz CT molecular complexity index is 773. The molecule has 6 heteroatoms. The van der Waals surface area contributed by atoms with Crippen molar-refractivity contribution in [3.8, 4) is 0 Å². The van der Waals surface area contributed by atoms with Crippen molar-refractivity contribution in [3.05, 3.63) is 42.5 Å². The molecule has 0 bridgehead atoms. The van der Waals surface area contributed by atoms with Gasteiger partial charge in [0.25, 0.3) is 0 Å². The van der Waals surface area contributed by atoms with Gasteiger partial charge in [0.1, 0.15) is 5.82 Å². The second kappa shape index (κ2) is 6.97. The van der Waals surface area contributed by atoms with E-state index in [0.717, 1.165) is 43.9 Å². The fourth-order valence-corrected chi connectivity index (χ4v) is 4.16. The van der Waals surface area contributed by atoms with Crippen LogP contribution in [0.25, 0.3) is 0 Å². The average Bonchev–Trinajstić information content (AvgIpc) is 3.00. The summed E-state index contributed by atoms with van der Waals surface area (Å²) in [5.74, 6) is 1.97. The van der Waals surface area contributed by atoms with Crippen LogP contribution in [-0.2, 0) is 23.3 Å². The number of aryl methyl sites for hydroxylation is 1. The van der Waals surface area contributed by atoms with Crippen LogP contribution in [0.2, 0.25) is 0 Å². The van der Waals surface area contributed by atoms with Crippen molar-refractivity contribution in [1.82, 2.24) is 9.55 Å². The molecule has 0 amide bonds. The van der Waals surface area contributed by atoms with Crippen molar-refractivity contribution in [2.75, 3.05) is 23.7 Å². The minimum absolute atomic E-state index is 0.144. The van der Waals surface area contributed by atoms with Crippen LogP contribution in [0.4, 0.5) is 5.69 Å². The van der Waals surface area contributed by atoms with Crippen molar-refractivity contribution in [3.63, 3.8) is 0 Å². The van der Waals surface area contributed by atoms with Gasteiger partial charge in [-0.25, -0.2) is 13.4 Å². The van der Waals surface area contributed by atoms with Crippen LogP contribution in [0.5, 0.6) is 0 Å². The van der Waals surface area contributed by atoms with Crippen LogP contribution in [0.3, 0.4) is 0 Å². The van der Waals surface area contributed by atoms with Gasteiger partial charge in [0.2, 0.25) is 0 Å². The molecular formula is C18H25N3O2S. The van der Waals surface area contributed by atoms with E-state index >= 15 is 0 Å². The normalized spacial score (nSPS) is 16.5. The largest absolute Gasteiger partial charge is 0.372 e. The molecule has 2 aromatic rings. The molecule has 1 aromatic carbocycles. The van der Waals surface area contributed by atoms with Gasteiger partial charge in [-0.2, -0.15) is 0 Å². The minimum Gasteiger partial charge on any atom is -0.372 e. The molecule has 5 nitrogen and oxygen atoms in total. The van der Waals surface area contributed by atoms with Gasteiger partial charge in [0.05, 0.1) is 10.6 Å². The topological polar surface area (TPSA) is 55.2 Å². The minimum atomic E-state index is -3.12. The molecule has 0 radical (unpaired) electrons. The van der Waals surface area contributed by atoms with E-state index in [1.165, 1.54) is 0 Å². The molecule has 1 saturated heterocycles. The Hall–Kier alpha value is -1.82. The summed E-state index contributed by atoms with van der Waals surface area (Å²) in [6, 6.07) is 7.32. The summed E-state index contributed by atoms with van der Waals surface area (Å²) < 4.78 is 25.9. The van der Waals surface area contributed by atoms with Crippen LogP contribution in [0, 0.1) is 5.92 Å². The number of aromatic nitrogens is 2. The monoisotopic (exact) mass is 347 g/mol. The van der Waals surface area contributed by atoms with Gasteiger partial charge in [-0.1, -0.05) is 6.92 Å². The second-order valence-electron chi connectivity index (χ2n) is 6.49. The molecular weight excluding hydrogens is 322 g/mol. The molecule has 1 aromatic heterocycles. The number of anilines is 1. The number of piperidine rings is 1. The third kappa shape index (κ3) is 3.64.